The van der Waals surface area contributed by atoms with Crippen LogP contribution in [0.15, 0.2) is 22.6 Å². The Morgan fingerprint density at radius 1 is 1.40 bits per heavy atom. The lowest BCUT2D eigenvalue weighted by Gasteiger charge is -1.98. The molecule has 1 aromatic heterocycles. The molecular weight excluding hydrogens is 268 g/mol. The third-order valence-electron chi connectivity index (χ3n) is 2.71. The molecule has 0 N–H and O–H groups in total. The van der Waals surface area contributed by atoms with E-state index in [4.69, 9.17) is 4.42 Å². The molecule has 1 aromatic carbocycles. The molecule has 1 heterocycles. The fourth-order valence-corrected chi connectivity index (χ4v) is 1.79. The summed E-state index contributed by atoms with van der Waals surface area (Å²) in [5.74, 6) is -2.19. The Kier molecular flexibility index (Phi) is 4.12. The van der Waals surface area contributed by atoms with Crippen LogP contribution in [-0.4, -0.2) is 18.1 Å². The van der Waals surface area contributed by atoms with E-state index in [0.29, 0.717) is 12.1 Å². The summed E-state index contributed by atoms with van der Waals surface area (Å²) in [4.78, 5) is 15.6. The lowest BCUT2D eigenvalue weighted by Crippen LogP contribution is -2.03. The fourth-order valence-electron chi connectivity index (χ4n) is 1.79. The van der Waals surface area contributed by atoms with Crippen molar-refractivity contribution >= 4 is 5.97 Å². The van der Waals surface area contributed by atoms with Crippen LogP contribution in [-0.2, 0) is 11.2 Å². The largest absolute Gasteiger partial charge is 0.463 e. The van der Waals surface area contributed by atoms with Gasteiger partial charge in [-0.2, -0.15) is 0 Å². The van der Waals surface area contributed by atoms with Crippen LogP contribution in [0.2, 0.25) is 0 Å². The number of hydrogen-bond acceptors (Lipinski definition) is 4. The van der Waals surface area contributed by atoms with Gasteiger partial charge in [-0.3, -0.25) is 0 Å². The van der Waals surface area contributed by atoms with E-state index in [9.17, 15) is 13.6 Å². The van der Waals surface area contributed by atoms with Crippen molar-refractivity contribution in [3.63, 3.8) is 0 Å². The van der Waals surface area contributed by atoms with Gasteiger partial charge in [0.15, 0.2) is 0 Å². The van der Waals surface area contributed by atoms with Gasteiger partial charge in [0.05, 0.1) is 18.4 Å². The van der Waals surface area contributed by atoms with Gasteiger partial charge in [0.2, 0.25) is 11.7 Å². The summed E-state index contributed by atoms with van der Waals surface area (Å²) < 4.78 is 36.7. The van der Waals surface area contributed by atoms with Crippen molar-refractivity contribution in [2.75, 3.05) is 7.11 Å². The topological polar surface area (TPSA) is 52.3 Å². The zero-order valence-electron chi connectivity index (χ0n) is 11.1. The predicted octanol–water partition coefficient (Wildman–Crippen LogP) is 3.36. The summed E-state index contributed by atoms with van der Waals surface area (Å²) in [6.45, 7) is 1.90. The standard InChI is InChI=1S/C14H13F2NO3/c1-3-4-11-12(14(18)19-2)20-13(17-11)9-7-8(15)5-6-10(9)16/h5-7H,3-4H2,1-2H3. The van der Waals surface area contributed by atoms with Crippen LogP contribution in [0.5, 0.6) is 0 Å². The number of aromatic nitrogens is 1. The SMILES string of the molecule is CCCc1nc(-c2cc(F)ccc2F)oc1C(=O)OC. The van der Waals surface area contributed by atoms with Crippen molar-refractivity contribution in [1.82, 2.24) is 4.98 Å². The van der Waals surface area contributed by atoms with Crippen molar-refractivity contribution in [1.29, 1.82) is 0 Å². The quantitative estimate of drug-likeness (QED) is 0.806. The molecular formula is C14H13F2NO3. The second-order valence-electron chi connectivity index (χ2n) is 4.16. The van der Waals surface area contributed by atoms with Gasteiger partial charge in [-0.25, -0.2) is 18.6 Å². The molecule has 0 atom stereocenters. The van der Waals surface area contributed by atoms with Gasteiger partial charge in [0.25, 0.3) is 0 Å². The maximum Gasteiger partial charge on any atom is 0.376 e. The first-order valence-corrected chi connectivity index (χ1v) is 6.10. The molecule has 0 bridgehead atoms. The molecule has 0 saturated carbocycles. The number of ether oxygens (including phenoxy) is 1. The normalized spacial score (nSPS) is 10.6. The molecule has 0 aliphatic rings. The zero-order valence-corrected chi connectivity index (χ0v) is 11.1. The minimum Gasteiger partial charge on any atom is -0.463 e. The first kappa shape index (κ1) is 14.2. The maximum atomic E-state index is 13.7. The minimum atomic E-state index is -0.691. The highest BCUT2D eigenvalue weighted by Gasteiger charge is 2.22. The van der Waals surface area contributed by atoms with Crippen LogP contribution in [0.25, 0.3) is 11.5 Å². The number of rotatable bonds is 4. The Morgan fingerprint density at radius 2 is 2.15 bits per heavy atom. The summed E-state index contributed by atoms with van der Waals surface area (Å²) in [7, 11) is 1.21. The van der Waals surface area contributed by atoms with Gasteiger partial charge in [0, 0.05) is 0 Å². The highest BCUT2D eigenvalue weighted by Crippen LogP contribution is 2.26. The van der Waals surface area contributed by atoms with Gasteiger partial charge >= 0.3 is 5.97 Å². The number of aryl methyl sites for hydroxylation is 1. The number of halogens is 2. The third kappa shape index (κ3) is 2.68. The van der Waals surface area contributed by atoms with Gasteiger partial charge in [-0.15, -0.1) is 0 Å². The number of carbonyl (C=O) groups is 1. The van der Waals surface area contributed by atoms with E-state index in [0.717, 1.165) is 24.6 Å². The maximum absolute atomic E-state index is 13.7. The van der Waals surface area contributed by atoms with Gasteiger partial charge in [0.1, 0.15) is 11.6 Å². The van der Waals surface area contributed by atoms with Crippen LogP contribution in [0.4, 0.5) is 8.78 Å². The second kappa shape index (κ2) is 5.81. The smallest absolute Gasteiger partial charge is 0.376 e. The van der Waals surface area contributed by atoms with Gasteiger partial charge in [-0.1, -0.05) is 13.3 Å². The van der Waals surface area contributed by atoms with E-state index >= 15 is 0 Å². The van der Waals surface area contributed by atoms with Crippen molar-refractivity contribution in [2.24, 2.45) is 0 Å². The first-order chi connectivity index (χ1) is 9.56. The average molecular weight is 281 g/mol. The van der Waals surface area contributed by atoms with Crippen molar-refractivity contribution in [3.8, 4) is 11.5 Å². The molecule has 0 fully saturated rings. The monoisotopic (exact) mass is 281 g/mol. The molecule has 0 aliphatic carbocycles. The Hall–Kier alpha value is -2.24. The lowest BCUT2D eigenvalue weighted by atomic mass is 10.2. The fraction of sp³-hybridized carbons (Fsp3) is 0.286. The Balaban J connectivity index is 2.52. The number of oxazole rings is 1. The highest BCUT2D eigenvalue weighted by atomic mass is 19.1. The Morgan fingerprint density at radius 3 is 2.80 bits per heavy atom. The first-order valence-electron chi connectivity index (χ1n) is 6.10. The summed E-state index contributed by atoms with van der Waals surface area (Å²) in [6, 6.07) is 2.94. The minimum absolute atomic E-state index is 0.0759. The average Bonchev–Trinajstić information content (AvgIpc) is 2.85. The number of benzene rings is 1. The van der Waals surface area contributed by atoms with E-state index in [1.165, 1.54) is 7.11 Å². The molecule has 6 heteroatoms. The molecule has 0 amide bonds. The zero-order chi connectivity index (χ0) is 14.7. The van der Waals surface area contributed by atoms with Crippen molar-refractivity contribution < 1.29 is 22.7 Å². The van der Waals surface area contributed by atoms with Crippen LogP contribution in [0.3, 0.4) is 0 Å². The summed E-state index contributed by atoms with van der Waals surface area (Å²) in [5, 5.41) is 0. The molecule has 2 rings (SSSR count). The molecule has 2 aromatic rings. The summed E-state index contributed by atoms with van der Waals surface area (Å²) >= 11 is 0. The van der Waals surface area contributed by atoms with E-state index in [1.807, 2.05) is 6.92 Å². The van der Waals surface area contributed by atoms with Crippen LogP contribution < -0.4 is 0 Å². The van der Waals surface area contributed by atoms with E-state index in [2.05, 4.69) is 9.72 Å². The second-order valence-corrected chi connectivity index (χ2v) is 4.16. The Bertz CT molecular complexity index is 637. The Labute approximate surface area is 114 Å². The van der Waals surface area contributed by atoms with Crippen LogP contribution in [0.1, 0.15) is 29.6 Å². The molecule has 4 nitrogen and oxygen atoms in total. The highest BCUT2D eigenvalue weighted by molar-refractivity contribution is 5.88. The van der Waals surface area contributed by atoms with Gasteiger partial charge in [-0.05, 0) is 24.6 Å². The van der Waals surface area contributed by atoms with Crippen LogP contribution in [0, 0.1) is 11.6 Å². The number of hydrogen-bond donors (Lipinski definition) is 0. The van der Waals surface area contributed by atoms with Crippen molar-refractivity contribution in [2.45, 2.75) is 19.8 Å². The number of esters is 1. The van der Waals surface area contributed by atoms with E-state index in [1.54, 1.807) is 0 Å². The molecule has 0 aliphatic heterocycles. The summed E-state index contributed by atoms with van der Waals surface area (Å²) in [6.07, 6.45) is 1.20. The number of methoxy groups -OCH3 is 1. The molecule has 0 saturated heterocycles. The molecule has 106 valence electrons. The van der Waals surface area contributed by atoms with Crippen molar-refractivity contribution in [3.05, 3.63) is 41.3 Å². The molecule has 0 radical (unpaired) electrons. The number of nitrogens with zero attached hydrogens (tertiary/aromatic N) is 1. The van der Waals surface area contributed by atoms with Crippen LogP contribution >= 0.6 is 0 Å². The summed E-state index contributed by atoms with van der Waals surface area (Å²) in [5.41, 5.74) is 0.246. The number of carbonyl (C=O) groups excluding carboxylic acids is 1. The van der Waals surface area contributed by atoms with E-state index < -0.39 is 17.6 Å². The van der Waals surface area contributed by atoms with E-state index in [-0.39, 0.29) is 17.2 Å². The lowest BCUT2D eigenvalue weighted by molar-refractivity contribution is 0.0564. The predicted molar refractivity (Wildman–Crippen MR) is 67.2 cm³/mol. The third-order valence-corrected chi connectivity index (χ3v) is 2.71. The van der Waals surface area contributed by atoms with Gasteiger partial charge < -0.3 is 9.15 Å². The molecule has 0 spiro atoms. The molecule has 20 heavy (non-hydrogen) atoms. The molecule has 0 unspecified atom stereocenters.